The van der Waals surface area contributed by atoms with Crippen molar-refractivity contribution in [3.63, 3.8) is 0 Å². The molecule has 1 aliphatic rings. The molecule has 1 heterocycles. The minimum Gasteiger partial charge on any atom is -0.494 e. The Morgan fingerprint density at radius 2 is 2.11 bits per heavy atom. The van der Waals surface area contributed by atoms with Crippen LogP contribution < -0.4 is 10.1 Å². The van der Waals surface area contributed by atoms with Crippen LogP contribution in [0.3, 0.4) is 0 Å². The van der Waals surface area contributed by atoms with E-state index in [2.05, 4.69) is 29.3 Å². The predicted molar refractivity (Wildman–Crippen MR) is 79.6 cm³/mol. The van der Waals surface area contributed by atoms with Crippen molar-refractivity contribution < 1.29 is 4.74 Å². The van der Waals surface area contributed by atoms with Gasteiger partial charge in [0.25, 0.3) is 0 Å². The molecule has 3 heteroatoms. The fraction of sp³-hybridized carbons (Fsp3) is 0.625. The normalized spacial score (nSPS) is 15.3. The maximum absolute atomic E-state index is 5.79. The third-order valence-corrected chi connectivity index (χ3v) is 3.68. The minimum atomic E-state index is 0.730. The van der Waals surface area contributed by atoms with E-state index in [9.17, 15) is 0 Å². The van der Waals surface area contributed by atoms with Crippen molar-refractivity contribution in [2.45, 2.75) is 39.8 Å². The Morgan fingerprint density at radius 1 is 1.26 bits per heavy atom. The van der Waals surface area contributed by atoms with Crippen molar-refractivity contribution in [2.24, 2.45) is 0 Å². The van der Waals surface area contributed by atoms with E-state index in [1.54, 1.807) is 0 Å². The van der Waals surface area contributed by atoms with Crippen LogP contribution in [-0.4, -0.2) is 31.6 Å². The van der Waals surface area contributed by atoms with Gasteiger partial charge in [-0.15, -0.1) is 0 Å². The lowest BCUT2D eigenvalue weighted by molar-refractivity contribution is 0.253. The van der Waals surface area contributed by atoms with Gasteiger partial charge in [-0.05, 0) is 50.6 Å². The summed E-state index contributed by atoms with van der Waals surface area (Å²) in [6.45, 7) is 9.36. The van der Waals surface area contributed by atoms with E-state index in [0.717, 1.165) is 25.4 Å². The Labute approximate surface area is 116 Å². The van der Waals surface area contributed by atoms with Gasteiger partial charge in [0.15, 0.2) is 0 Å². The smallest absolute Gasteiger partial charge is 0.124 e. The average molecular weight is 262 g/mol. The summed E-state index contributed by atoms with van der Waals surface area (Å²) < 4.78 is 5.79. The average Bonchev–Trinajstić information content (AvgIpc) is 2.40. The first-order chi connectivity index (χ1) is 9.28. The summed E-state index contributed by atoms with van der Waals surface area (Å²) in [6, 6.07) is 4.59. The number of rotatable bonds is 6. The lowest BCUT2D eigenvalue weighted by Crippen LogP contribution is -2.31. The first-order valence-corrected chi connectivity index (χ1v) is 7.42. The Kier molecular flexibility index (Phi) is 5.23. The first-order valence-electron chi connectivity index (χ1n) is 7.42. The SMILES string of the molecule is CCCN1CCc2cc(CNC)c(OCC)cc2C1. The highest BCUT2D eigenvalue weighted by Gasteiger charge is 2.18. The molecule has 1 aromatic carbocycles. The zero-order valence-corrected chi connectivity index (χ0v) is 12.5. The highest BCUT2D eigenvalue weighted by atomic mass is 16.5. The van der Waals surface area contributed by atoms with E-state index in [1.807, 2.05) is 14.0 Å². The van der Waals surface area contributed by atoms with Gasteiger partial charge in [0.1, 0.15) is 5.75 Å². The van der Waals surface area contributed by atoms with Crippen LogP contribution in [0.25, 0.3) is 0 Å². The lowest BCUT2D eigenvalue weighted by atomic mass is 9.96. The predicted octanol–water partition coefficient (Wildman–Crippen LogP) is 2.57. The Bertz CT molecular complexity index is 417. The van der Waals surface area contributed by atoms with Crippen molar-refractivity contribution in [1.29, 1.82) is 0 Å². The summed E-state index contributed by atoms with van der Waals surface area (Å²) >= 11 is 0. The molecule has 0 bridgehead atoms. The second-order valence-corrected chi connectivity index (χ2v) is 5.22. The molecule has 0 atom stereocenters. The molecule has 0 amide bonds. The summed E-state index contributed by atoms with van der Waals surface area (Å²) in [6.07, 6.45) is 2.39. The number of hydrogen-bond donors (Lipinski definition) is 1. The zero-order valence-electron chi connectivity index (χ0n) is 12.5. The van der Waals surface area contributed by atoms with Gasteiger partial charge in [-0.1, -0.05) is 13.0 Å². The van der Waals surface area contributed by atoms with Crippen LogP contribution in [0.5, 0.6) is 5.75 Å². The molecule has 19 heavy (non-hydrogen) atoms. The van der Waals surface area contributed by atoms with Crippen LogP contribution in [-0.2, 0) is 19.5 Å². The van der Waals surface area contributed by atoms with Crippen molar-refractivity contribution in [3.05, 3.63) is 28.8 Å². The van der Waals surface area contributed by atoms with Gasteiger partial charge in [-0.2, -0.15) is 0 Å². The van der Waals surface area contributed by atoms with Crippen LogP contribution >= 0.6 is 0 Å². The van der Waals surface area contributed by atoms with Gasteiger partial charge in [-0.3, -0.25) is 4.90 Å². The maximum Gasteiger partial charge on any atom is 0.124 e. The van der Waals surface area contributed by atoms with E-state index in [0.29, 0.717) is 0 Å². The van der Waals surface area contributed by atoms with Crippen LogP contribution in [0.4, 0.5) is 0 Å². The largest absolute Gasteiger partial charge is 0.494 e. The van der Waals surface area contributed by atoms with Gasteiger partial charge < -0.3 is 10.1 Å². The van der Waals surface area contributed by atoms with Gasteiger partial charge in [0.2, 0.25) is 0 Å². The highest BCUT2D eigenvalue weighted by Crippen LogP contribution is 2.28. The third-order valence-electron chi connectivity index (χ3n) is 3.68. The fourth-order valence-electron chi connectivity index (χ4n) is 2.82. The molecular formula is C16H26N2O. The number of ether oxygens (including phenoxy) is 1. The summed E-state index contributed by atoms with van der Waals surface area (Å²) in [5, 5.41) is 3.23. The second-order valence-electron chi connectivity index (χ2n) is 5.22. The van der Waals surface area contributed by atoms with E-state index in [4.69, 9.17) is 4.74 Å². The molecule has 0 aromatic heterocycles. The van der Waals surface area contributed by atoms with Crippen LogP contribution in [0.1, 0.15) is 37.0 Å². The molecule has 1 N–H and O–H groups in total. The van der Waals surface area contributed by atoms with Crippen molar-refractivity contribution >= 4 is 0 Å². The number of nitrogens with zero attached hydrogens (tertiary/aromatic N) is 1. The molecule has 0 saturated carbocycles. The van der Waals surface area contributed by atoms with Crippen LogP contribution in [0.2, 0.25) is 0 Å². The van der Waals surface area contributed by atoms with E-state index >= 15 is 0 Å². The molecule has 0 radical (unpaired) electrons. The molecule has 0 spiro atoms. The van der Waals surface area contributed by atoms with Gasteiger partial charge in [0, 0.05) is 25.2 Å². The standard InChI is InChI=1S/C16H26N2O/c1-4-7-18-8-6-13-9-14(11-17-3)16(19-5-2)10-15(13)12-18/h9-10,17H,4-8,11-12H2,1-3H3. The summed E-state index contributed by atoms with van der Waals surface area (Å²) in [5.74, 6) is 1.05. The Hall–Kier alpha value is -1.06. The van der Waals surface area contributed by atoms with E-state index < -0.39 is 0 Å². The van der Waals surface area contributed by atoms with E-state index in [-0.39, 0.29) is 0 Å². The first kappa shape index (κ1) is 14.4. The minimum absolute atomic E-state index is 0.730. The topological polar surface area (TPSA) is 24.5 Å². The lowest BCUT2D eigenvalue weighted by Gasteiger charge is -2.29. The summed E-state index contributed by atoms with van der Waals surface area (Å²) in [5.41, 5.74) is 4.23. The highest BCUT2D eigenvalue weighted by molar-refractivity contribution is 5.44. The molecule has 0 unspecified atom stereocenters. The molecule has 0 saturated heterocycles. The van der Waals surface area contributed by atoms with Gasteiger partial charge in [0.05, 0.1) is 6.61 Å². The molecule has 0 aliphatic carbocycles. The number of fused-ring (bicyclic) bond motifs is 1. The van der Waals surface area contributed by atoms with Crippen molar-refractivity contribution in [1.82, 2.24) is 10.2 Å². The molecular weight excluding hydrogens is 236 g/mol. The van der Waals surface area contributed by atoms with Crippen LogP contribution in [0, 0.1) is 0 Å². The molecule has 1 aromatic rings. The number of hydrogen-bond acceptors (Lipinski definition) is 3. The van der Waals surface area contributed by atoms with Gasteiger partial charge >= 0.3 is 0 Å². The molecule has 3 nitrogen and oxygen atoms in total. The van der Waals surface area contributed by atoms with Crippen LogP contribution in [0.15, 0.2) is 12.1 Å². The molecule has 106 valence electrons. The summed E-state index contributed by atoms with van der Waals surface area (Å²) in [7, 11) is 1.98. The second kappa shape index (κ2) is 6.92. The van der Waals surface area contributed by atoms with Crippen molar-refractivity contribution in [2.75, 3.05) is 26.7 Å². The zero-order chi connectivity index (χ0) is 13.7. The van der Waals surface area contributed by atoms with E-state index in [1.165, 1.54) is 42.6 Å². The molecule has 1 aliphatic heterocycles. The quantitative estimate of drug-likeness (QED) is 0.853. The number of benzene rings is 1. The Balaban J connectivity index is 2.23. The monoisotopic (exact) mass is 262 g/mol. The molecule has 0 fully saturated rings. The summed E-state index contributed by atoms with van der Waals surface area (Å²) in [4.78, 5) is 2.54. The maximum atomic E-state index is 5.79. The third kappa shape index (κ3) is 3.48. The Morgan fingerprint density at radius 3 is 2.79 bits per heavy atom. The number of nitrogens with one attached hydrogen (secondary N) is 1. The van der Waals surface area contributed by atoms with Crippen molar-refractivity contribution in [3.8, 4) is 5.75 Å². The van der Waals surface area contributed by atoms with Gasteiger partial charge in [-0.25, -0.2) is 0 Å². The fourth-order valence-corrected chi connectivity index (χ4v) is 2.82. The molecule has 2 rings (SSSR count).